The molecule has 0 bridgehead atoms. The number of aromatic nitrogens is 2. The van der Waals surface area contributed by atoms with Gasteiger partial charge in [-0.1, -0.05) is 42.1 Å². The second-order valence-corrected chi connectivity index (χ2v) is 8.36. The maximum atomic E-state index is 12.1. The molecule has 0 fully saturated rings. The molecule has 1 amide bonds. The SMILES string of the molecule is Cc1c(/C=N/NC(=O)CSc2nc3ccccc3s2)c2ccccc2n1C. The normalized spacial score (nSPS) is 11.6. The fourth-order valence-electron chi connectivity index (χ4n) is 2.95. The monoisotopic (exact) mass is 394 g/mol. The Morgan fingerprint density at radius 2 is 2.04 bits per heavy atom. The van der Waals surface area contributed by atoms with Crippen molar-refractivity contribution in [2.45, 2.75) is 11.3 Å². The van der Waals surface area contributed by atoms with Gasteiger partial charge in [0, 0.05) is 29.2 Å². The Balaban J connectivity index is 1.40. The molecule has 0 radical (unpaired) electrons. The molecule has 2 aromatic heterocycles. The van der Waals surface area contributed by atoms with Gasteiger partial charge >= 0.3 is 0 Å². The molecule has 2 heterocycles. The zero-order valence-corrected chi connectivity index (χ0v) is 16.6. The average molecular weight is 395 g/mol. The number of hydrogen-bond acceptors (Lipinski definition) is 5. The van der Waals surface area contributed by atoms with Crippen LogP contribution in [0.2, 0.25) is 0 Å². The Bertz CT molecular complexity index is 1130. The zero-order valence-electron chi connectivity index (χ0n) is 15.0. The number of hydrazone groups is 1. The van der Waals surface area contributed by atoms with E-state index < -0.39 is 0 Å². The lowest BCUT2D eigenvalue weighted by molar-refractivity contribution is -0.118. The van der Waals surface area contributed by atoms with E-state index in [2.05, 4.69) is 32.2 Å². The molecule has 0 spiro atoms. The standard InChI is InChI=1S/C20H18N4OS2/c1-13-15(14-7-3-5-9-17(14)24(13)2)11-21-23-19(25)12-26-20-22-16-8-4-6-10-18(16)27-20/h3-11H,12H2,1-2H3,(H,23,25)/b21-11+. The summed E-state index contributed by atoms with van der Waals surface area (Å²) in [7, 11) is 2.03. The summed E-state index contributed by atoms with van der Waals surface area (Å²) in [5, 5.41) is 5.28. The van der Waals surface area contributed by atoms with Gasteiger partial charge in [-0.2, -0.15) is 5.10 Å². The maximum Gasteiger partial charge on any atom is 0.250 e. The third-order valence-corrected chi connectivity index (χ3v) is 6.61. The fraction of sp³-hybridized carbons (Fsp3) is 0.150. The summed E-state index contributed by atoms with van der Waals surface area (Å²) in [5.41, 5.74) is 6.86. The summed E-state index contributed by atoms with van der Waals surface area (Å²) >= 11 is 3.02. The number of rotatable bonds is 5. The first-order valence-electron chi connectivity index (χ1n) is 8.48. The van der Waals surface area contributed by atoms with E-state index in [1.807, 2.05) is 50.4 Å². The first-order chi connectivity index (χ1) is 13.1. The van der Waals surface area contributed by atoms with Gasteiger partial charge < -0.3 is 4.57 Å². The Hall–Kier alpha value is -2.64. The lowest BCUT2D eigenvalue weighted by Gasteiger charge is -1.99. The van der Waals surface area contributed by atoms with E-state index in [-0.39, 0.29) is 11.7 Å². The first-order valence-corrected chi connectivity index (χ1v) is 10.3. The van der Waals surface area contributed by atoms with Crippen molar-refractivity contribution >= 4 is 56.3 Å². The molecule has 4 aromatic rings. The van der Waals surface area contributed by atoms with Crippen molar-refractivity contribution in [1.29, 1.82) is 0 Å². The van der Waals surface area contributed by atoms with Crippen LogP contribution in [0.4, 0.5) is 0 Å². The van der Waals surface area contributed by atoms with E-state index in [0.717, 1.165) is 36.7 Å². The maximum absolute atomic E-state index is 12.1. The van der Waals surface area contributed by atoms with Crippen LogP contribution in [0.5, 0.6) is 0 Å². The Kier molecular flexibility index (Phi) is 4.96. The van der Waals surface area contributed by atoms with Crippen molar-refractivity contribution in [3.8, 4) is 0 Å². The molecule has 0 atom stereocenters. The molecule has 1 N–H and O–H groups in total. The summed E-state index contributed by atoms with van der Waals surface area (Å²) in [5.74, 6) is 0.138. The molecule has 0 aliphatic rings. The Morgan fingerprint density at radius 3 is 2.89 bits per heavy atom. The number of thioether (sulfide) groups is 1. The smallest absolute Gasteiger partial charge is 0.250 e. The van der Waals surface area contributed by atoms with Gasteiger partial charge in [-0.3, -0.25) is 4.79 Å². The lowest BCUT2D eigenvalue weighted by atomic mass is 10.1. The molecular formula is C20H18N4OS2. The summed E-state index contributed by atoms with van der Waals surface area (Å²) in [4.78, 5) is 16.6. The minimum absolute atomic E-state index is 0.145. The van der Waals surface area contributed by atoms with E-state index in [9.17, 15) is 4.79 Å². The van der Waals surface area contributed by atoms with Crippen molar-refractivity contribution in [2.24, 2.45) is 12.1 Å². The van der Waals surface area contributed by atoms with E-state index in [1.165, 1.54) is 11.8 Å². The fourth-order valence-corrected chi connectivity index (χ4v) is 4.82. The quantitative estimate of drug-likeness (QED) is 0.311. The molecule has 2 aromatic carbocycles. The van der Waals surface area contributed by atoms with Crippen molar-refractivity contribution in [3.63, 3.8) is 0 Å². The molecule has 27 heavy (non-hydrogen) atoms. The number of benzene rings is 2. The minimum atomic E-state index is -0.145. The van der Waals surface area contributed by atoms with Gasteiger partial charge in [0.25, 0.3) is 5.91 Å². The number of amides is 1. The third kappa shape index (κ3) is 3.61. The summed E-state index contributed by atoms with van der Waals surface area (Å²) in [6.07, 6.45) is 1.72. The van der Waals surface area contributed by atoms with Crippen LogP contribution in [0.25, 0.3) is 21.1 Å². The highest BCUT2D eigenvalue weighted by Gasteiger charge is 2.10. The topological polar surface area (TPSA) is 59.3 Å². The van der Waals surface area contributed by atoms with E-state index in [1.54, 1.807) is 17.6 Å². The van der Waals surface area contributed by atoms with Crippen molar-refractivity contribution in [2.75, 3.05) is 5.75 Å². The molecule has 136 valence electrons. The molecule has 5 nitrogen and oxygen atoms in total. The van der Waals surface area contributed by atoms with Crippen LogP contribution in [0.15, 0.2) is 58.0 Å². The highest BCUT2D eigenvalue weighted by molar-refractivity contribution is 8.01. The first kappa shape index (κ1) is 17.8. The van der Waals surface area contributed by atoms with Crippen LogP contribution in [-0.2, 0) is 11.8 Å². The number of thiazole rings is 1. The molecule has 0 unspecified atom stereocenters. The number of aryl methyl sites for hydroxylation is 1. The van der Waals surface area contributed by atoms with Crippen LogP contribution in [-0.4, -0.2) is 27.4 Å². The lowest BCUT2D eigenvalue weighted by Crippen LogP contribution is -2.19. The predicted molar refractivity (Wildman–Crippen MR) is 114 cm³/mol. The predicted octanol–water partition coefficient (Wildman–Crippen LogP) is 4.34. The molecular weight excluding hydrogens is 376 g/mol. The second kappa shape index (κ2) is 7.54. The van der Waals surface area contributed by atoms with Crippen LogP contribution in [0, 0.1) is 6.92 Å². The number of nitrogens with zero attached hydrogens (tertiary/aromatic N) is 3. The van der Waals surface area contributed by atoms with Crippen LogP contribution >= 0.6 is 23.1 Å². The number of carbonyl (C=O) groups is 1. The van der Waals surface area contributed by atoms with Gasteiger partial charge in [-0.25, -0.2) is 10.4 Å². The van der Waals surface area contributed by atoms with Crippen molar-refractivity contribution in [1.82, 2.24) is 15.0 Å². The van der Waals surface area contributed by atoms with E-state index >= 15 is 0 Å². The van der Waals surface area contributed by atoms with Crippen LogP contribution < -0.4 is 5.43 Å². The highest BCUT2D eigenvalue weighted by Crippen LogP contribution is 2.29. The van der Waals surface area contributed by atoms with Gasteiger partial charge in [0.2, 0.25) is 0 Å². The van der Waals surface area contributed by atoms with Gasteiger partial charge in [-0.05, 0) is 25.1 Å². The van der Waals surface area contributed by atoms with E-state index in [0.29, 0.717) is 0 Å². The van der Waals surface area contributed by atoms with Crippen molar-refractivity contribution in [3.05, 3.63) is 59.8 Å². The zero-order chi connectivity index (χ0) is 18.8. The average Bonchev–Trinajstić information content (AvgIpc) is 3.21. The molecule has 0 aliphatic heterocycles. The largest absolute Gasteiger partial charge is 0.347 e. The number of nitrogens with one attached hydrogen (secondary N) is 1. The summed E-state index contributed by atoms with van der Waals surface area (Å²) in [6, 6.07) is 16.1. The van der Waals surface area contributed by atoms with Gasteiger partial charge in [0.1, 0.15) is 0 Å². The number of hydrogen-bond donors (Lipinski definition) is 1. The number of para-hydroxylation sites is 2. The number of carbonyl (C=O) groups excluding carboxylic acids is 1. The number of fused-ring (bicyclic) bond motifs is 2. The second-order valence-electron chi connectivity index (χ2n) is 6.10. The van der Waals surface area contributed by atoms with Crippen LogP contribution in [0.3, 0.4) is 0 Å². The molecule has 0 aliphatic carbocycles. The Morgan fingerprint density at radius 1 is 1.26 bits per heavy atom. The Labute approximate surface area is 165 Å². The van der Waals surface area contributed by atoms with E-state index in [4.69, 9.17) is 0 Å². The highest BCUT2D eigenvalue weighted by atomic mass is 32.2. The molecule has 4 rings (SSSR count). The third-order valence-electron chi connectivity index (χ3n) is 4.43. The van der Waals surface area contributed by atoms with Gasteiger partial charge in [-0.15, -0.1) is 11.3 Å². The molecule has 0 saturated heterocycles. The minimum Gasteiger partial charge on any atom is -0.347 e. The summed E-state index contributed by atoms with van der Waals surface area (Å²) in [6.45, 7) is 2.05. The summed E-state index contributed by atoms with van der Waals surface area (Å²) < 4.78 is 4.15. The van der Waals surface area contributed by atoms with Gasteiger partial charge in [0.15, 0.2) is 4.34 Å². The molecule has 0 saturated carbocycles. The van der Waals surface area contributed by atoms with Crippen molar-refractivity contribution < 1.29 is 4.79 Å². The molecule has 7 heteroatoms. The van der Waals surface area contributed by atoms with Crippen LogP contribution in [0.1, 0.15) is 11.3 Å². The van der Waals surface area contributed by atoms with Gasteiger partial charge in [0.05, 0.1) is 22.2 Å².